The van der Waals surface area contributed by atoms with E-state index in [4.69, 9.17) is 10.5 Å². The molecule has 4 unspecified atom stereocenters. The summed E-state index contributed by atoms with van der Waals surface area (Å²) >= 11 is 0. The first-order chi connectivity index (χ1) is 16.6. The lowest BCUT2D eigenvalue weighted by Gasteiger charge is -2.29. The Morgan fingerprint density at radius 3 is 1.61 bits per heavy atom. The molecule has 2 aliphatic heterocycles. The van der Waals surface area contributed by atoms with Gasteiger partial charge in [-0.1, -0.05) is 13.8 Å². The molecule has 0 aromatic carbocycles. The van der Waals surface area contributed by atoms with Crippen LogP contribution in [0.1, 0.15) is 60.3 Å². The molecule has 8 nitrogen and oxygen atoms in total. The summed E-state index contributed by atoms with van der Waals surface area (Å²) in [5.74, 6) is -2.73. The van der Waals surface area contributed by atoms with Gasteiger partial charge in [0.1, 0.15) is 17.7 Å². The van der Waals surface area contributed by atoms with Crippen LogP contribution in [0.5, 0.6) is 0 Å². The molecule has 3 amide bonds. The number of amides is 3. The van der Waals surface area contributed by atoms with Gasteiger partial charge in [-0.15, -0.1) is 0 Å². The number of halogens is 4. The number of nitrogens with two attached hydrogens (primary N) is 1. The number of esters is 1. The highest BCUT2D eigenvalue weighted by Gasteiger charge is 2.38. The van der Waals surface area contributed by atoms with Crippen LogP contribution < -0.4 is 5.73 Å². The Kier molecular flexibility index (Phi) is 11.6. The molecule has 0 saturated carbocycles. The largest absolute Gasteiger partial charge is 0.458 e. The molecular weight excluding hydrogens is 486 g/mol. The van der Waals surface area contributed by atoms with Crippen LogP contribution in [0, 0.1) is 11.8 Å². The third-order valence-corrected chi connectivity index (χ3v) is 5.63. The van der Waals surface area contributed by atoms with E-state index in [0.717, 1.165) is 12.2 Å². The van der Waals surface area contributed by atoms with Crippen LogP contribution in [0.4, 0.5) is 17.6 Å². The summed E-state index contributed by atoms with van der Waals surface area (Å²) in [6.07, 6.45) is -1.24. The maximum Gasteiger partial charge on any atom is 0.329 e. The first-order valence-electron chi connectivity index (χ1n) is 11.8. The van der Waals surface area contributed by atoms with E-state index in [1.807, 2.05) is 0 Å². The molecule has 2 rings (SSSR count). The van der Waals surface area contributed by atoms with Crippen molar-refractivity contribution in [1.82, 2.24) is 9.80 Å². The highest BCUT2D eigenvalue weighted by Crippen LogP contribution is 2.26. The van der Waals surface area contributed by atoms with Crippen molar-refractivity contribution in [2.75, 3.05) is 13.1 Å². The fourth-order valence-corrected chi connectivity index (χ4v) is 4.16. The molecule has 204 valence electrons. The van der Waals surface area contributed by atoms with E-state index in [2.05, 4.69) is 0 Å². The van der Waals surface area contributed by atoms with Gasteiger partial charge in [0.2, 0.25) is 17.7 Å². The van der Waals surface area contributed by atoms with Gasteiger partial charge in [-0.05, 0) is 45.8 Å². The molecule has 0 bridgehead atoms. The van der Waals surface area contributed by atoms with Gasteiger partial charge < -0.3 is 20.3 Å². The minimum atomic E-state index is -1.80. The lowest BCUT2D eigenvalue weighted by atomic mass is 10.1. The van der Waals surface area contributed by atoms with Gasteiger partial charge in [0.15, 0.2) is 0 Å². The second-order valence-corrected chi connectivity index (χ2v) is 9.72. The number of hydrogen-bond acceptors (Lipinski definition) is 5. The lowest BCUT2D eigenvalue weighted by Crippen LogP contribution is -2.45. The van der Waals surface area contributed by atoms with Gasteiger partial charge in [-0.3, -0.25) is 14.4 Å². The van der Waals surface area contributed by atoms with Crippen molar-refractivity contribution in [3.8, 4) is 0 Å². The van der Waals surface area contributed by atoms with Gasteiger partial charge in [-0.25, -0.2) is 4.79 Å². The molecule has 12 heteroatoms. The average Bonchev–Trinajstić information content (AvgIpc) is 3.23. The van der Waals surface area contributed by atoms with Crippen LogP contribution in [0.3, 0.4) is 0 Å². The third kappa shape index (κ3) is 9.62. The molecule has 0 radical (unpaired) electrons. The molecule has 4 atom stereocenters. The Morgan fingerprint density at radius 2 is 1.31 bits per heavy atom. The van der Waals surface area contributed by atoms with Gasteiger partial charge in [0.25, 0.3) is 12.2 Å². The second-order valence-electron chi connectivity index (χ2n) is 9.72. The zero-order valence-corrected chi connectivity index (χ0v) is 21.2. The minimum Gasteiger partial charge on any atom is -0.458 e. The Hall–Kier alpha value is -2.92. The second kappa shape index (κ2) is 13.4. The van der Waals surface area contributed by atoms with Crippen molar-refractivity contribution >= 4 is 23.7 Å². The smallest absolute Gasteiger partial charge is 0.329 e. The van der Waals surface area contributed by atoms with Gasteiger partial charge >= 0.3 is 5.97 Å². The summed E-state index contributed by atoms with van der Waals surface area (Å²) < 4.78 is 53.8. The first-order valence-corrected chi connectivity index (χ1v) is 11.8. The zero-order chi connectivity index (χ0) is 27.8. The quantitative estimate of drug-likeness (QED) is 0.388. The van der Waals surface area contributed by atoms with Crippen molar-refractivity contribution < 1.29 is 41.5 Å². The molecule has 0 spiro atoms. The standard InChI is InChI=1S/C14H21F2NO3.C10H14F2N2O2/c1-5-10(13(19)20-14(2,3)4)17-8-9(6-11(15)16)7-12(17)18;1-2-7(10(13)16)14-5-6(3-8(11)12)4-9(14)15/h6,9-10H,5,7-8H2,1-4H3;3,6-7H,2,4-5H2,1H3,(H2,13,16). The van der Waals surface area contributed by atoms with Crippen LogP contribution in [-0.2, 0) is 23.9 Å². The number of carbonyl (C=O) groups is 4. The lowest BCUT2D eigenvalue weighted by molar-refractivity contribution is -0.163. The Labute approximate surface area is 208 Å². The van der Waals surface area contributed by atoms with Crippen molar-refractivity contribution in [3.63, 3.8) is 0 Å². The fraction of sp³-hybridized carbons (Fsp3) is 0.667. The van der Waals surface area contributed by atoms with Crippen LogP contribution in [0.15, 0.2) is 24.3 Å². The van der Waals surface area contributed by atoms with Crippen LogP contribution in [0.2, 0.25) is 0 Å². The van der Waals surface area contributed by atoms with E-state index < -0.39 is 53.6 Å². The molecule has 0 aromatic rings. The van der Waals surface area contributed by atoms with Crippen LogP contribution >= 0.6 is 0 Å². The molecule has 2 heterocycles. The molecule has 2 N–H and O–H groups in total. The topological polar surface area (TPSA) is 110 Å². The van der Waals surface area contributed by atoms with Crippen LogP contribution in [0.25, 0.3) is 0 Å². The fourth-order valence-electron chi connectivity index (χ4n) is 4.16. The average molecular weight is 522 g/mol. The van der Waals surface area contributed by atoms with Gasteiger partial charge in [-0.2, -0.15) is 17.6 Å². The summed E-state index contributed by atoms with van der Waals surface area (Å²) in [5, 5.41) is 0. The normalized spacial score (nSPS) is 21.4. The Morgan fingerprint density at radius 1 is 0.917 bits per heavy atom. The van der Waals surface area contributed by atoms with E-state index >= 15 is 0 Å². The number of primary amides is 1. The number of nitrogens with zero attached hydrogens (tertiary/aromatic N) is 2. The van der Waals surface area contributed by atoms with E-state index in [-0.39, 0.29) is 37.7 Å². The molecule has 2 fully saturated rings. The van der Waals surface area contributed by atoms with Crippen molar-refractivity contribution in [3.05, 3.63) is 24.3 Å². The molecule has 0 aliphatic carbocycles. The summed E-state index contributed by atoms with van der Waals surface area (Å²) in [7, 11) is 0. The van der Waals surface area contributed by atoms with E-state index in [1.165, 1.54) is 9.80 Å². The van der Waals surface area contributed by atoms with Crippen molar-refractivity contribution in [2.45, 2.75) is 78.0 Å². The predicted octanol–water partition coefficient (Wildman–Crippen LogP) is 3.61. The molecule has 2 saturated heterocycles. The predicted molar refractivity (Wildman–Crippen MR) is 123 cm³/mol. The summed E-state index contributed by atoms with van der Waals surface area (Å²) in [6, 6.07) is -1.39. The Balaban J connectivity index is 0.000000369. The summed E-state index contributed by atoms with van der Waals surface area (Å²) in [6.45, 7) is 8.99. The zero-order valence-electron chi connectivity index (χ0n) is 21.2. The Bertz CT molecular complexity index is 879. The maximum absolute atomic E-state index is 12.2. The molecular formula is C24H35F4N3O5. The maximum atomic E-state index is 12.2. The number of hydrogen-bond donors (Lipinski definition) is 1. The molecule has 2 aliphatic rings. The van der Waals surface area contributed by atoms with E-state index in [0.29, 0.717) is 12.8 Å². The van der Waals surface area contributed by atoms with Crippen molar-refractivity contribution in [2.24, 2.45) is 17.6 Å². The number of rotatable bonds is 8. The third-order valence-electron chi connectivity index (χ3n) is 5.63. The summed E-state index contributed by atoms with van der Waals surface area (Å²) in [5.41, 5.74) is 4.50. The SMILES string of the molecule is CCC(C(=O)OC(C)(C)C)N1CC(C=C(F)F)CC1=O.CCC(C(N)=O)N1CC(C=C(F)F)CC1=O. The van der Waals surface area contributed by atoms with E-state index in [9.17, 15) is 36.7 Å². The number of ether oxygens (including phenoxy) is 1. The van der Waals surface area contributed by atoms with Gasteiger partial charge in [0, 0.05) is 37.8 Å². The highest BCUT2D eigenvalue weighted by molar-refractivity contribution is 5.88. The van der Waals surface area contributed by atoms with Crippen molar-refractivity contribution in [1.29, 1.82) is 0 Å². The summed E-state index contributed by atoms with van der Waals surface area (Å²) in [4.78, 5) is 49.2. The van der Waals surface area contributed by atoms with Crippen LogP contribution in [-0.4, -0.2) is 64.3 Å². The van der Waals surface area contributed by atoms with Gasteiger partial charge in [0.05, 0.1) is 0 Å². The molecule has 0 aromatic heterocycles. The number of likely N-dealkylation sites (tertiary alicyclic amines) is 2. The monoisotopic (exact) mass is 521 g/mol. The molecule has 36 heavy (non-hydrogen) atoms. The highest BCUT2D eigenvalue weighted by atomic mass is 19.3. The van der Waals surface area contributed by atoms with E-state index in [1.54, 1.807) is 34.6 Å². The number of carbonyl (C=O) groups excluding carboxylic acids is 4. The minimum absolute atomic E-state index is 0.0106. The first kappa shape index (κ1) is 31.1.